The van der Waals surface area contributed by atoms with Crippen molar-refractivity contribution in [3.05, 3.63) is 41.7 Å². The Kier molecular flexibility index (Phi) is 5.71. The van der Waals surface area contributed by atoms with Gasteiger partial charge in [-0.1, -0.05) is 6.07 Å². The second-order valence-electron chi connectivity index (χ2n) is 5.45. The van der Waals surface area contributed by atoms with Crippen molar-refractivity contribution in [1.29, 1.82) is 0 Å². The molecule has 0 unspecified atom stereocenters. The molecule has 26 heavy (non-hydrogen) atoms. The SMILES string of the molecule is COc1cc(F)c(S(=O)(=O)Nc2ccc(C)c(NC(C)=O)c2)cc1OC. The summed E-state index contributed by atoms with van der Waals surface area (Å²) in [5, 5.41) is 2.60. The average Bonchev–Trinajstić information content (AvgIpc) is 2.56. The monoisotopic (exact) mass is 382 g/mol. The number of nitrogens with one attached hydrogen (secondary N) is 2. The highest BCUT2D eigenvalue weighted by Gasteiger charge is 2.23. The molecule has 0 bridgehead atoms. The lowest BCUT2D eigenvalue weighted by molar-refractivity contribution is -0.114. The number of benzene rings is 2. The Morgan fingerprint density at radius 3 is 2.27 bits per heavy atom. The summed E-state index contributed by atoms with van der Waals surface area (Å²) in [6.07, 6.45) is 0. The summed E-state index contributed by atoms with van der Waals surface area (Å²) in [6, 6.07) is 6.57. The summed E-state index contributed by atoms with van der Waals surface area (Å²) in [5.41, 5.74) is 1.37. The van der Waals surface area contributed by atoms with Gasteiger partial charge in [-0.25, -0.2) is 12.8 Å². The number of aryl methyl sites for hydroxylation is 1. The van der Waals surface area contributed by atoms with Crippen molar-refractivity contribution >= 4 is 27.3 Å². The largest absolute Gasteiger partial charge is 0.493 e. The summed E-state index contributed by atoms with van der Waals surface area (Å²) in [6.45, 7) is 3.10. The van der Waals surface area contributed by atoms with Crippen LogP contribution in [0.2, 0.25) is 0 Å². The quantitative estimate of drug-likeness (QED) is 0.801. The maximum Gasteiger partial charge on any atom is 0.264 e. The molecule has 0 aromatic heterocycles. The second-order valence-corrected chi connectivity index (χ2v) is 7.10. The highest BCUT2D eigenvalue weighted by molar-refractivity contribution is 7.92. The molecular weight excluding hydrogens is 363 g/mol. The van der Waals surface area contributed by atoms with Gasteiger partial charge in [-0.05, 0) is 24.6 Å². The van der Waals surface area contributed by atoms with Gasteiger partial charge in [0.1, 0.15) is 10.7 Å². The zero-order chi connectivity index (χ0) is 19.5. The fourth-order valence-corrected chi connectivity index (χ4v) is 3.39. The van der Waals surface area contributed by atoms with E-state index in [0.29, 0.717) is 5.69 Å². The van der Waals surface area contributed by atoms with E-state index in [0.717, 1.165) is 17.7 Å². The van der Waals surface area contributed by atoms with Crippen LogP contribution in [0.5, 0.6) is 11.5 Å². The first kappa shape index (κ1) is 19.5. The summed E-state index contributed by atoms with van der Waals surface area (Å²) in [7, 11) is -1.60. The minimum Gasteiger partial charge on any atom is -0.493 e. The van der Waals surface area contributed by atoms with Crippen molar-refractivity contribution in [3.63, 3.8) is 0 Å². The van der Waals surface area contributed by atoms with Crippen molar-refractivity contribution in [1.82, 2.24) is 0 Å². The van der Waals surface area contributed by atoms with Gasteiger partial charge in [-0.15, -0.1) is 0 Å². The Morgan fingerprint density at radius 2 is 1.69 bits per heavy atom. The van der Waals surface area contributed by atoms with Gasteiger partial charge in [0.05, 0.1) is 19.9 Å². The zero-order valence-electron chi connectivity index (χ0n) is 14.7. The Bertz CT molecular complexity index is 944. The molecule has 0 spiro atoms. The summed E-state index contributed by atoms with van der Waals surface area (Å²) in [5.74, 6) is -1.12. The van der Waals surface area contributed by atoms with Gasteiger partial charge >= 0.3 is 0 Å². The maximum atomic E-state index is 14.3. The van der Waals surface area contributed by atoms with Crippen LogP contribution in [0.25, 0.3) is 0 Å². The molecule has 2 rings (SSSR count). The van der Waals surface area contributed by atoms with Gasteiger partial charge in [0, 0.05) is 24.7 Å². The van der Waals surface area contributed by atoms with Gasteiger partial charge < -0.3 is 14.8 Å². The molecule has 7 nitrogen and oxygen atoms in total. The first-order chi connectivity index (χ1) is 12.2. The Balaban J connectivity index is 2.42. The third kappa shape index (κ3) is 4.23. The Hall–Kier alpha value is -2.81. The van der Waals surface area contributed by atoms with E-state index in [4.69, 9.17) is 9.47 Å². The topological polar surface area (TPSA) is 93.7 Å². The molecule has 0 heterocycles. The summed E-state index contributed by atoms with van der Waals surface area (Å²) < 4.78 is 51.7. The van der Waals surface area contributed by atoms with Crippen LogP contribution in [0.3, 0.4) is 0 Å². The lowest BCUT2D eigenvalue weighted by Crippen LogP contribution is -2.15. The molecule has 2 aromatic rings. The van der Waals surface area contributed by atoms with Gasteiger partial charge in [0.15, 0.2) is 11.5 Å². The molecule has 0 atom stereocenters. The molecule has 2 N–H and O–H groups in total. The molecule has 1 amide bonds. The van der Waals surface area contributed by atoms with Crippen LogP contribution in [0.4, 0.5) is 15.8 Å². The lowest BCUT2D eigenvalue weighted by Gasteiger charge is -2.14. The third-order valence-electron chi connectivity index (χ3n) is 3.53. The molecule has 0 aliphatic rings. The number of carbonyl (C=O) groups is 1. The first-order valence-electron chi connectivity index (χ1n) is 7.50. The molecular formula is C17H19FN2O5S. The second kappa shape index (κ2) is 7.61. The number of ether oxygens (including phenoxy) is 2. The number of rotatable bonds is 6. The molecule has 0 saturated carbocycles. The van der Waals surface area contributed by atoms with E-state index in [9.17, 15) is 17.6 Å². The van der Waals surface area contributed by atoms with E-state index in [-0.39, 0.29) is 23.1 Å². The smallest absolute Gasteiger partial charge is 0.264 e. The maximum absolute atomic E-state index is 14.3. The summed E-state index contributed by atoms with van der Waals surface area (Å²) in [4.78, 5) is 10.6. The standard InChI is InChI=1S/C17H19FN2O5S/c1-10-5-6-12(7-14(10)19-11(2)21)20-26(22,23)17-9-16(25-4)15(24-3)8-13(17)18/h5-9,20H,1-4H3,(H,19,21). The van der Waals surface area contributed by atoms with Gasteiger partial charge in [-0.2, -0.15) is 0 Å². The molecule has 0 fully saturated rings. The summed E-state index contributed by atoms with van der Waals surface area (Å²) >= 11 is 0. The van der Waals surface area contributed by atoms with E-state index < -0.39 is 20.7 Å². The number of hydrogen-bond donors (Lipinski definition) is 2. The van der Waals surface area contributed by atoms with Crippen molar-refractivity contribution in [3.8, 4) is 11.5 Å². The van der Waals surface area contributed by atoms with E-state index in [1.165, 1.54) is 33.3 Å². The van der Waals surface area contributed by atoms with Crippen LogP contribution in [-0.4, -0.2) is 28.5 Å². The fourth-order valence-electron chi connectivity index (χ4n) is 2.26. The van der Waals surface area contributed by atoms with Crippen molar-refractivity contribution in [2.45, 2.75) is 18.7 Å². The van der Waals surface area contributed by atoms with Crippen molar-refractivity contribution < 1.29 is 27.1 Å². The Labute approximate surface area is 151 Å². The van der Waals surface area contributed by atoms with Crippen molar-refractivity contribution in [2.75, 3.05) is 24.3 Å². The number of methoxy groups -OCH3 is 2. The minimum absolute atomic E-state index is 0.0761. The highest BCUT2D eigenvalue weighted by Crippen LogP contribution is 2.33. The molecule has 9 heteroatoms. The average molecular weight is 382 g/mol. The molecule has 0 saturated heterocycles. The van der Waals surface area contributed by atoms with Gasteiger partial charge in [0.25, 0.3) is 10.0 Å². The number of amides is 1. The highest BCUT2D eigenvalue weighted by atomic mass is 32.2. The first-order valence-corrected chi connectivity index (χ1v) is 8.99. The molecule has 0 aliphatic carbocycles. The van der Waals surface area contributed by atoms with Crippen LogP contribution < -0.4 is 19.5 Å². The predicted octanol–water partition coefficient (Wildman–Crippen LogP) is 2.91. The van der Waals surface area contributed by atoms with Crippen LogP contribution in [0.1, 0.15) is 12.5 Å². The van der Waals surface area contributed by atoms with E-state index in [1.54, 1.807) is 13.0 Å². The van der Waals surface area contributed by atoms with Gasteiger partial charge in [-0.3, -0.25) is 9.52 Å². The molecule has 140 valence electrons. The van der Waals surface area contributed by atoms with Crippen LogP contribution >= 0.6 is 0 Å². The van der Waals surface area contributed by atoms with Crippen LogP contribution in [-0.2, 0) is 14.8 Å². The third-order valence-corrected chi connectivity index (χ3v) is 4.92. The molecule has 2 aromatic carbocycles. The number of halogens is 1. The molecule has 0 radical (unpaired) electrons. The lowest BCUT2D eigenvalue weighted by atomic mass is 10.2. The van der Waals surface area contributed by atoms with Crippen LogP contribution in [0, 0.1) is 12.7 Å². The normalized spacial score (nSPS) is 11.0. The zero-order valence-corrected chi connectivity index (χ0v) is 15.5. The predicted molar refractivity (Wildman–Crippen MR) is 95.8 cm³/mol. The molecule has 0 aliphatic heterocycles. The number of carbonyl (C=O) groups excluding carboxylic acids is 1. The van der Waals surface area contributed by atoms with Gasteiger partial charge in [0.2, 0.25) is 5.91 Å². The van der Waals surface area contributed by atoms with E-state index >= 15 is 0 Å². The van der Waals surface area contributed by atoms with Crippen molar-refractivity contribution in [2.24, 2.45) is 0 Å². The van der Waals surface area contributed by atoms with E-state index in [2.05, 4.69) is 10.0 Å². The minimum atomic E-state index is -4.23. The number of anilines is 2. The number of hydrogen-bond acceptors (Lipinski definition) is 5. The fraction of sp³-hybridized carbons (Fsp3) is 0.235. The number of sulfonamides is 1. The Morgan fingerprint density at radius 1 is 1.08 bits per heavy atom. The van der Waals surface area contributed by atoms with Crippen LogP contribution in [0.15, 0.2) is 35.2 Å². The van der Waals surface area contributed by atoms with E-state index in [1.807, 2.05) is 0 Å².